The lowest BCUT2D eigenvalue weighted by Crippen LogP contribution is -2.24. The van der Waals surface area contributed by atoms with E-state index in [0.717, 1.165) is 19.8 Å². The first-order chi connectivity index (χ1) is 3.93. The SMILES string of the molecule is NCC1CCCOC1. The summed E-state index contributed by atoms with van der Waals surface area (Å²) in [5, 5.41) is 0. The van der Waals surface area contributed by atoms with Crippen LogP contribution < -0.4 is 5.73 Å². The van der Waals surface area contributed by atoms with Crippen LogP contribution in [-0.4, -0.2) is 19.8 Å². The van der Waals surface area contributed by atoms with Gasteiger partial charge in [-0.2, -0.15) is 0 Å². The van der Waals surface area contributed by atoms with Gasteiger partial charge in [0, 0.05) is 6.61 Å². The van der Waals surface area contributed by atoms with E-state index >= 15 is 0 Å². The van der Waals surface area contributed by atoms with Gasteiger partial charge >= 0.3 is 0 Å². The van der Waals surface area contributed by atoms with Crippen molar-refractivity contribution in [3.63, 3.8) is 0 Å². The predicted molar refractivity (Wildman–Crippen MR) is 32.6 cm³/mol. The van der Waals surface area contributed by atoms with Gasteiger partial charge in [-0.05, 0) is 25.3 Å². The Morgan fingerprint density at radius 1 is 1.62 bits per heavy atom. The minimum atomic E-state index is 0.642. The lowest BCUT2D eigenvalue weighted by Gasteiger charge is -2.19. The van der Waals surface area contributed by atoms with Crippen LogP contribution in [-0.2, 0) is 4.74 Å². The first-order valence-corrected chi connectivity index (χ1v) is 3.21. The fraction of sp³-hybridized carbons (Fsp3) is 1.00. The topological polar surface area (TPSA) is 35.2 Å². The van der Waals surface area contributed by atoms with Gasteiger partial charge in [-0.25, -0.2) is 0 Å². The lowest BCUT2D eigenvalue weighted by atomic mass is 10.0. The van der Waals surface area contributed by atoms with Crippen LogP contribution in [0, 0.1) is 5.92 Å². The molecule has 0 aromatic rings. The van der Waals surface area contributed by atoms with Crippen molar-refractivity contribution in [2.24, 2.45) is 11.7 Å². The highest BCUT2D eigenvalue weighted by Gasteiger charge is 2.10. The van der Waals surface area contributed by atoms with E-state index in [1.165, 1.54) is 12.8 Å². The first-order valence-electron chi connectivity index (χ1n) is 3.21. The number of hydrogen-bond acceptors (Lipinski definition) is 2. The average molecular weight is 115 g/mol. The van der Waals surface area contributed by atoms with Gasteiger partial charge in [0.25, 0.3) is 0 Å². The van der Waals surface area contributed by atoms with Gasteiger partial charge in [-0.15, -0.1) is 0 Å². The van der Waals surface area contributed by atoms with Crippen LogP contribution >= 0.6 is 0 Å². The Kier molecular flexibility index (Phi) is 2.30. The van der Waals surface area contributed by atoms with Crippen molar-refractivity contribution in [2.75, 3.05) is 19.8 Å². The third kappa shape index (κ3) is 1.46. The number of rotatable bonds is 1. The number of ether oxygens (including phenoxy) is 1. The summed E-state index contributed by atoms with van der Waals surface area (Å²) >= 11 is 0. The van der Waals surface area contributed by atoms with Gasteiger partial charge in [-0.1, -0.05) is 0 Å². The van der Waals surface area contributed by atoms with E-state index in [1.54, 1.807) is 0 Å². The normalized spacial score (nSPS) is 30.4. The molecule has 1 aliphatic rings. The molecule has 1 aliphatic heterocycles. The van der Waals surface area contributed by atoms with Crippen LogP contribution in [0.25, 0.3) is 0 Å². The summed E-state index contributed by atoms with van der Waals surface area (Å²) in [6, 6.07) is 0. The van der Waals surface area contributed by atoms with Gasteiger partial charge in [0.1, 0.15) is 0 Å². The van der Waals surface area contributed by atoms with E-state index in [2.05, 4.69) is 0 Å². The molecule has 2 nitrogen and oxygen atoms in total. The van der Waals surface area contributed by atoms with E-state index in [4.69, 9.17) is 10.5 Å². The summed E-state index contributed by atoms with van der Waals surface area (Å²) < 4.78 is 5.19. The minimum absolute atomic E-state index is 0.642. The van der Waals surface area contributed by atoms with Gasteiger partial charge in [0.05, 0.1) is 6.61 Å². The van der Waals surface area contributed by atoms with Crippen molar-refractivity contribution in [3.05, 3.63) is 0 Å². The molecule has 1 rings (SSSR count). The van der Waals surface area contributed by atoms with E-state index in [9.17, 15) is 0 Å². The summed E-state index contributed by atoms with van der Waals surface area (Å²) in [4.78, 5) is 0. The molecule has 1 heterocycles. The monoisotopic (exact) mass is 115 g/mol. The highest BCUT2D eigenvalue weighted by Crippen LogP contribution is 2.10. The second-order valence-corrected chi connectivity index (χ2v) is 2.32. The molecule has 0 aromatic carbocycles. The summed E-state index contributed by atoms with van der Waals surface area (Å²) in [7, 11) is 0. The smallest absolute Gasteiger partial charge is 0.0506 e. The fourth-order valence-electron chi connectivity index (χ4n) is 0.993. The van der Waals surface area contributed by atoms with Crippen molar-refractivity contribution in [2.45, 2.75) is 12.8 Å². The fourth-order valence-corrected chi connectivity index (χ4v) is 0.993. The standard InChI is InChI=1S/C6H13NO/c7-4-6-2-1-3-8-5-6/h6H,1-5,7H2. The Morgan fingerprint density at radius 2 is 2.50 bits per heavy atom. The van der Waals surface area contributed by atoms with Gasteiger partial charge < -0.3 is 10.5 Å². The molecule has 0 bridgehead atoms. The maximum atomic E-state index is 5.42. The molecular formula is C6H13NO. The molecule has 0 aliphatic carbocycles. The second-order valence-electron chi connectivity index (χ2n) is 2.32. The van der Waals surface area contributed by atoms with Crippen LogP contribution in [0.2, 0.25) is 0 Å². The summed E-state index contributed by atoms with van der Waals surface area (Å²) in [5.41, 5.74) is 5.42. The van der Waals surface area contributed by atoms with Crippen molar-refractivity contribution >= 4 is 0 Å². The molecule has 48 valence electrons. The number of nitrogens with two attached hydrogens (primary N) is 1. The molecule has 0 radical (unpaired) electrons. The third-order valence-corrected chi connectivity index (χ3v) is 1.59. The Balaban J connectivity index is 2.13. The molecular weight excluding hydrogens is 102 g/mol. The third-order valence-electron chi connectivity index (χ3n) is 1.59. The molecule has 1 atom stereocenters. The highest BCUT2D eigenvalue weighted by atomic mass is 16.5. The lowest BCUT2D eigenvalue weighted by molar-refractivity contribution is 0.0580. The maximum absolute atomic E-state index is 5.42. The number of hydrogen-bond donors (Lipinski definition) is 1. The van der Waals surface area contributed by atoms with Crippen LogP contribution in [0.15, 0.2) is 0 Å². The molecule has 1 saturated heterocycles. The van der Waals surface area contributed by atoms with Crippen LogP contribution in [0.4, 0.5) is 0 Å². The van der Waals surface area contributed by atoms with E-state index in [1.807, 2.05) is 0 Å². The highest BCUT2D eigenvalue weighted by molar-refractivity contribution is 4.62. The first kappa shape index (κ1) is 6.05. The Bertz CT molecular complexity index is 59.5. The average Bonchev–Trinajstić information content (AvgIpc) is 1.90. The van der Waals surface area contributed by atoms with Gasteiger partial charge in [0.15, 0.2) is 0 Å². The molecule has 0 aromatic heterocycles. The van der Waals surface area contributed by atoms with Crippen LogP contribution in [0.3, 0.4) is 0 Å². The zero-order valence-corrected chi connectivity index (χ0v) is 5.10. The Hall–Kier alpha value is -0.0800. The van der Waals surface area contributed by atoms with Crippen molar-refractivity contribution in [3.8, 4) is 0 Å². The maximum Gasteiger partial charge on any atom is 0.0506 e. The van der Waals surface area contributed by atoms with Gasteiger partial charge in [0.2, 0.25) is 0 Å². The minimum Gasteiger partial charge on any atom is -0.381 e. The molecule has 0 saturated carbocycles. The predicted octanol–water partition coefficient (Wildman–Crippen LogP) is 0.372. The van der Waals surface area contributed by atoms with E-state index < -0.39 is 0 Å². The summed E-state index contributed by atoms with van der Waals surface area (Å²) in [5.74, 6) is 0.642. The van der Waals surface area contributed by atoms with E-state index in [0.29, 0.717) is 5.92 Å². The van der Waals surface area contributed by atoms with Crippen molar-refractivity contribution in [1.82, 2.24) is 0 Å². The molecule has 1 fully saturated rings. The summed E-state index contributed by atoms with van der Waals surface area (Å²) in [6.07, 6.45) is 2.46. The van der Waals surface area contributed by atoms with Crippen molar-refractivity contribution < 1.29 is 4.74 Å². The molecule has 0 amide bonds. The molecule has 1 unspecified atom stereocenters. The Morgan fingerprint density at radius 3 is 2.88 bits per heavy atom. The zero-order chi connectivity index (χ0) is 5.82. The second kappa shape index (κ2) is 3.05. The van der Waals surface area contributed by atoms with Gasteiger partial charge in [-0.3, -0.25) is 0 Å². The molecule has 8 heavy (non-hydrogen) atoms. The largest absolute Gasteiger partial charge is 0.381 e. The van der Waals surface area contributed by atoms with E-state index in [-0.39, 0.29) is 0 Å². The molecule has 2 heteroatoms. The van der Waals surface area contributed by atoms with Crippen molar-refractivity contribution in [1.29, 1.82) is 0 Å². The van der Waals surface area contributed by atoms with Crippen LogP contribution in [0.1, 0.15) is 12.8 Å². The summed E-state index contributed by atoms with van der Waals surface area (Å²) in [6.45, 7) is 2.62. The quantitative estimate of drug-likeness (QED) is 0.536. The Labute approximate surface area is 50.0 Å². The molecule has 2 N–H and O–H groups in total. The van der Waals surface area contributed by atoms with Crippen LogP contribution in [0.5, 0.6) is 0 Å². The molecule has 0 spiro atoms. The zero-order valence-electron chi connectivity index (χ0n) is 5.10.